The van der Waals surface area contributed by atoms with E-state index in [-0.39, 0.29) is 17.1 Å². The Labute approximate surface area is 124 Å². The number of ether oxygens (including phenoxy) is 1. The maximum atomic E-state index is 14.0. The Hall–Kier alpha value is -1.42. The zero-order valence-corrected chi connectivity index (χ0v) is 12.5. The lowest BCUT2D eigenvalue weighted by Crippen LogP contribution is -2.47. The molecule has 1 aromatic carbocycles. The lowest BCUT2D eigenvalue weighted by molar-refractivity contribution is -0.125. The van der Waals surface area contributed by atoms with Gasteiger partial charge in [0.15, 0.2) is 0 Å². The highest BCUT2D eigenvalue weighted by Gasteiger charge is 2.53. The third-order valence-corrected chi connectivity index (χ3v) is 5.06. The molecule has 1 aromatic rings. The molecule has 2 fully saturated rings. The van der Waals surface area contributed by atoms with E-state index in [0.717, 1.165) is 25.7 Å². The molecule has 114 valence electrons. The Morgan fingerprint density at radius 3 is 2.52 bits per heavy atom. The highest BCUT2D eigenvalue weighted by atomic mass is 19.1. The second-order valence-electron chi connectivity index (χ2n) is 6.53. The Morgan fingerprint density at radius 2 is 2.00 bits per heavy atom. The van der Waals surface area contributed by atoms with Gasteiger partial charge in [-0.3, -0.25) is 4.79 Å². The van der Waals surface area contributed by atoms with Crippen LogP contribution in [0.15, 0.2) is 24.3 Å². The molecule has 0 spiro atoms. The van der Waals surface area contributed by atoms with E-state index < -0.39 is 5.41 Å². The fraction of sp³-hybridized carbons (Fsp3) is 0.588. The molecule has 1 amide bonds. The second kappa shape index (κ2) is 5.41. The molecule has 4 heteroatoms. The van der Waals surface area contributed by atoms with Gasteiger partial charge in [-0.1, -0.05) is 24.6 Å². The standard InChI is InChI=1S/C17H22FNO2/c1-21-12-16(7-4-8-16)11-19-15(20)17(9-10-17)13-5-2-3-6-14(13)18/h2-3,5-6H,4,7-12H2,1H3,(H,19,20). The number of hydrogen-bond acceptors (Lipinski definition) is 2. The summed E-state index contributed by atoms with van der Waals surface area (Å²) in [7, 11) is 1.70. The molecule has 3 rings (SSSR count). The highest BCUT2D eigenvalue weighted by molar-refractivity contribution is 5.91. The molecule has 2 saturated carbocycles. The molecule has 0 heterocycles. The van der Waals surface area contributed by atoms with E-state index in [2.05, 4.69) is 5.32 Å². The van der Waals surface area contributed by atoms with Crippen molar-refractivity contribution in [2.45, 2.75) is 37.5 Å². The molecule has 0 atom stereocenters. The van der Waals surface area contributed by atoms with E-state index in [1.54, 1.807) is 25.3 Å². The Morgan fingerprint density at radius 1 is 1.29 bits per heavy atom. The summed E-state index contributed by atoms with van der Waals surface area (Å²) in [5, 5.41) is 3.05. The van der Waals surface area contributed by atoms with Gasteiger partial charge < -0.3 is 10.1 Å². The van der Waals surface area contributed by atoms with Crippen LogP contribution in [-0.4, -0.2) is 26.2 Å². The topological polar surface area (TPSA) is 38.3 Å². The maximum absolute atomic E-state index is 14.0. The molecule has 0 aliphatic heterocycles. The van der Waals surface area contributed by atoms with Crippen molar-refractivity contribution in [3.8, 4) is 0 Å². The van der Waals surface area contributed by atoms with Crippen molar-refractivity contribution in [2.24, 2.45) is 5.41 Å². The third-order valence-electron chi connectivity index (χ3n) is 5.06. The van der Waals surface area contributed by atoms with Gasteiger partial charge in [-0.05, 0) is 31.7 Å². The molecule has 0 bridgehead atoms. The molecule has 3 nitrogen and oxygen atoms in total. The number of methoxy groups -OCH3 is 1. The molecular formula is C17H22FNO2. The third kappa shape index (κ3) is 2.57. The zero-order chi connectivity index (χ0) is 14.9. The first kappa shape index (κ1) is 14.5. The zero-order valence-electron chi connectivity index (χ0n) is 12.5. The van der Waals surface area contributed by atoms with Gasteiger partial charge >= 0.3 is 0 Å². The van der Waals surface area contributed by atoms with Crippen LogP contribution in [0.3, 0.4) is 0 Å². The van der Waals surface area contributed by atoms with Gasteiger partial charge in [0, 0.05) is 24.6 Å². The van der Waals surface area contributed by atoms with Gasteiger partial charge in [0.25, 0.3) is 0 Å². The number of nitrogens with one attached hydrogen (secondary N) is 1. The molecule has 1 N–H and O–H groups in total. The van der Waals surface area contributed by atoms with Crippen LogP contribution in [0.4, 0.5) is 4.39 Å². The predicted molar refractivity (Wildman–Crippen MR) is 78.5 cm³/mol. The lowest BCUT2D eigenvalue weighted by Gasteiger charge is -2.41. The van der Waals surface area contributed by atoms with Gasteiger partial charge in [0.1, 0.15) is 5.82 Å². The van der Waals surface area contributed by atoms with Crippen LogP contribution in [0.2, 0.25) is 0 Å². The van der Waals surface area contributed by atoms with E-state index in [9.17, 15) is 9.18 Å². The quantitative estimate of drug-likeness (QED) is 0.875. The number of carbonyl (C=O) groups excluding carboxylic acids is 1. The van der Waals surface area contributed by atoms with Crippen LogP contribution >= 0.6 is 0 Å². The highest BCUT2D eigenvalue weighted by Crippen LogP contribution is 2.49. The minimum Gasteiger partial charge on any atom is -0.384 e. The van der Waals surface area contributed by atoms with Crippen molar-refractivity contribution in [3.05, 3.63) is 35.6 Å². The first-order valence-corrected chi connectivity index (χ1v) is 7.64. The Kier molecular flexibility index (Phi) is 3.74. The van der Waals surface area contributed by atoms with E-state index in [1.165, 1.54) is 12.5 Å². The summed E-state index contributed by atoms with van der Waals surface area (Å²) in [6.07, 6.45) is 4.84. The number of amides is 1. The number of rotatable bonds is 6. The molecule has 2 aliphatic carbocycles. The van der Waals surface area contributed by atoms with E-state index in [0.29, 0.717) is 18.7 Å². The van der Waals surface area contributed by atoms with Gasteiger partial charge in [-0.2, -0.15) is 0 Å². The fourth-order valence-corrected chi connectivity index (χ4v) is 3.39. The maximum Gasteiger partial charge on any atom is 0.230 e. The van der Waals surface area contributed by atoms with Crippen molar-refractivity contribution in [2.75, 3.05) is 20.3 Å². The summed E-state index contributed by atoms with van der Waals surface area (Å²) < 4.78 is 19.2. The fourth-order valence-electron chi connectivity index (χ4n) is 3.39. The van der Waals surface area contributed by atoms with Gasteiger partial charge in [-0.25, -0.2) is 4.39 Å². The van der Waals surface area contributed by atoms with Crippen LogP contribution in [0.5, 0.6) is 0 Å². The minimum absolute atomic E-state index is 0.0324. The first-order valence-electron chi connectivity index (χ1n) is 7.64. The van der Waals surface area contributed by atoms with Gasteiger partial charge in [0.05, 0.1) is 12.0 Å². The number of hydrogen-bond donors (Lipinski definition) is 1. The van der Waals surface area contributed by atoms with Crippen LogP contribution in [0.25, 0.3) is 0 Å². The van der Waals surface area contributed by atoms with Crippen molar-refractivity contribution >= 4 is 5.91 Å². The number of benzene rings is 1. The van der Waals surface area contributed by atoms with Crippen molar-refractivity contribution < 1.29 is 13.9 Å². The summed E-state index contributed by atoms with van der Waals surface area (Å²) in [4.78, 5) is 12.6. The molecule has 0 radical (unpaired) electrons. The van der Waals surface area contributed by atoms with Crippen molar-refractivity contribution in [1.29, 1.82) is 0 Å². The SMILES string of the molecule is COCC1(CNC(=O)C2(c3ccccc3F)CC2)CCC1. The molecule has 2 aliphatic rings. The van der Waals surface area contributed by atoms with E-state index in [4.69, 9.17) is 4.74 Å². The molecule has 0 unspecified atom stereocenters. The molecule has 21 heavy (non-hydrogen) atoms. The van der Waals surface area contributed by atoms with Gasteiger partial charge in [0.2, 0.25) is 5.91 Å². The van der Waals surface area contributed by atoms with Crippen LogP contribution in [0.1, 0.15) is 37.7 Å². The van der Waals surface area contributed by atoms with Crippen molar-refractivity contribution in [1.82, 2.24) is 5.32 Å². The van der Waals surface area contributed by atoms with Gasteiger partial charge in [-0.15, -0.1) is 0 Å². The molecule has 0 saturated heterocycles. The molecular weight excluding hydrogens is 269 g/mol. The largest absolute Gasteiger partial charge is 0.384 e. The molecule has 0 aromatic heterocycles. The Balaban J connectivity index is 1.67. The minimum atomic E-state index is -0.636. The Bertz CT molecular complexity index is 535. The summed E-state index contributed by atoms with van der Waals surface area (Å²) in [5.41, 5.74) is -0.00379. The average Bonchev–Trinajstić information content (AvgIpc) is 3.23. The summed E-state index contributed by atoms with van der Waals surface area (Å²) in [6.45, 7) is 1.32. The summed E-state index contributed by atoms with van der Waals surface area (Å²) in [6, 6.07) is 6.62. The van der Waals surface area contributed by atoms with Crippen LogP contribution in [-0.2, 0) is 14.9 Å². The van der Waals surface area contributed by atoms with Crippen molar-refractivity contribution in [3.63, 3.8) is 0 Å². The van der Waals surface area contributed by atoms with Crippen LogP contribution < -0.4 is 5.32 Å². The monoisotopic (exact) mass is 291 g/mol. The summed E-state index contributed by atoms with van der Waals surface area (Å²) in [5.74, 6) is -0.310. The number of carbonyl (C=O) groups is 1. The van der Waals surface area contributed by atoms with E-state index in [1.807, 2.05) is 0 Å². The normalized spacial score (nSPS) is 21.4. The second-order valence-corrected chi connectivity index (χ2v) is 6.53. The summed E-state index contributed by atoms with van der Waals surface area (Å²) >= 11 is 0. The average molecular weight is 291 g/mol. The van der Waals surface area contributed by atoms with Crippen LogP contribution in [0, 0.1) is 11.2 Å². The smallest absolute Gasteiger partial charge is 0.230 e. The number of halogens is 1. The lowest BCUT2D eigenvalue weighted by atomic mass is 9.69. The first-order chi connectivity index (χ1) is 10.1. The predicted octanol–water partition coefficient (Wildman–Crippen LogP) is 2.79. The van der Waals surface area contributed by atoms with E-state index >= 15 is 0 Å².